The maximum absolute atomic E-state index is 10.3. The summed E-state index contributed by atoms with van der Waals surface area (Å²) in [5, 5.41) is 19.8. The first-order valence-electron chi connectivity index (χ1n) is 13.4. The fourth-order valence-electron chi connectivity index (χ4n) is 10.3. The molecule has 4 saturated carbocycles. The topological polar surface area (TPSA) is 58.9 Å². The molecule has 4 nitrogen and oxygen atoms in total. The Labute approximate surface area is 188 Å². The standard InChI is InChI=1S/C27H44O4/c1-16-24-23(31-27(16)11-6-17(14-28)15-30-27)13-22-20-5-4-18-12-19(29)7-9-25(18,2)21(20)8-10-26(22,24)3/h16-24,28-29H,4-15H2,1-3H3/t16-,17-,18-,19-,20+,21-,22-,23-,24-,25-,26-,27+/m0/s1. The van der Waals surface area contributed by atoms with Crippen LogP contribution in [0, 0.1) is 52.3 Å². The molecule has 2 heterocycles. The second-order valence-corrected chi connectivity index (χ2v) is 13.0. The Balaban J connectivity index is 1.24. The molecule has 0 amide bonds. The molecule has 6 aliphatic rings. The number of rotatable bonds is 1. The van der Waals surface area contributed by atoms with Crippen LogP contribution in [0.4, 0.5) is 0 Å². The maximum atomic E-state index is 10.3. The molecule has 0 unspecified atom stereocenters. The van der Waals surface area contributed by atoms with Gasteiger partial charge in [0, 0.05) is 24.9 Å². The quantitative estimate of drug-likeness (QED) is 0.627. The number of aliphatic hydroxyl groups is 2. The molecule has 0 aromatic rings. The third-order valence-corrected chi connectivity index (χ3v) is 12.0. The lowest BCUT2D eigenvalue weighted by atomic mass is 9.44. The minimum absolute atomic E-state index is 0.0549. The summed E-state index contributed by atoms with van der Waals surface area (Å²) in [5.74, 6) is 4.16. The minimum Gasteiger partial charge on any atom is -0.396 e. The van der Waals surface area contributed by atoms with E-state index in [4.69, 9.17) is 9.47 Å². The predicted octanol–water partition coefficient (Wildman–Crippen LogP) is 4.77. The molecular weight excluding hydrogens is 388 g/mol. The highest BCUT2D eigenvalue weighted by atomic mass is 16.7. The first-order chi connectivity index (χ1) is 14.8. The maximum Gasteiger partial charge on any atom is 0.171 e. The van der Waals surface area contributed by atoms with E-state index in [-0.39, 0.29) is 18.6 Å². The Hall–Kier alpha value is -0.160. The van der Waals surface area contributed by atoms with Crippen molar-refractivity contribution in [3.8, 4) is 0 Å². The van der Waals surface area contributed by atoms with Crippen LogP contribution in [0.25, 0.3) is 0 Å². The van der Waals surface area contributed by atoms with E-state index in [1.165, 1.54) is 38.5 Å². The number of ether oxygens (including phenoxy) is 2. The number of fused-ring (bicyclic) bond motifs is 7. The van der Waals surface area contributed by atoms with Crippen LogP contribution in [0.5, 0.6) is 0 Å². The molecule has 6 fully saturated rings. The van der Waals surface area contributed by atoms with Crippen LogP contribution in [0.15, 0.2) is 0 Å². The van der Waals surface area contributed by atoms with Gasteiger partial charge in [0.15, 0.2) is 5.79 Å². The van der Waals surface area contributed by atoms with Crippen molar-refractivity contribution < 1.29 is 19.7 Å². The van der Waals surface area contributed by atoms with Crippen molar-refractivity contribution in [3.05, 3.63) is 0 Å². The predicted molar refractivity (Wildman–Crippen MR) is 119 cm³/mol. The van der Waals surface area contributed by atoms with Crippen molar-refractivity contribution in [3.63, 3.8) is 0 Å². The van der Waals surface area contributed by atoms with Crippen molar-refractivity contribution in [1.82, 2.24) is 0 Å². The third kappa shape index (κ3) is 2.87. The van der Waals surface area contributed by atoms with E-state index >= 15 is 0 Å². The van der Waals surface area contributed by atoms with Crippen molar-refractivity contribution >= 4 is 0 Å². The normalized spacial score (nSPS) is 60.9. The molecule has 31 heavy (non-hydrogen) atoms. The molecular formula is C27H44O4. The van der Waals surface area contributed by atoms with Crippen LogP contribution in [0.2, 0.25) is 0 Å². The molecule has 12 atom stereocenters. The van der Waals surface area contributed by atoms with Crippen molar-refractivity contribution in [1.29, 1.82) is 0 Å². The first kappa shape index (κ1) is 21.4. The molecule has 0 aromatic heterocycles. The van der Waals surface area contributed by atoms with E-state index < -0.39 is 5.79 Å². The van der Waals surface area contributed by atoms with Crippen molar-refractivity contribution in [2.24, 2.45) is 52.3 Å². The zero-order chi connectivity index (χ0) is 21.6. The van der Waals surface area contributed by atoms with Gasteiger partial charge < -0.3 is 19.7 Å². The summed E-state index contributed by atoms with van der Waals surface area (Å²) in [7, 11) is 0. The summed E-state index contributed by atoms with van der Waals surface area (Å²) in [4.78, 5) is 0. The lowest BCUT2D eigenvalue weighted by Gasteiger charge is -2.61. The van der Waals surface area contributed by atoms with Gasteiger partial charge in [0.05, 0.1) is 18.8 Å². The summed E-state index contributed by atoms with van der Waals surface area (Å²) in [6.07, 6.45) is 12.2. The van der Waals surface area contributed by atoms with Crippen LogP contribution < -0.4 is 0 Å². The number of hydrogen-bond donors (Lipinski definition) is 2. The highest BCUT2D eigenvalue weighted by Crippen LogP contribution is 2.71. The molecule has 2 saturated heterocycles. The molecule has 6 rings (SSSR count). The van der Waals surface area contributed by atoms with Gasteiger partial charge in [-0.3, -0.25) is 0 Å². The van der Waals surface area contributed by atoms with Crippen molar-refractivity contribution in [2.75, 3.05) is 13.2 Å². The molecule has 4 aliphatic carbocycles. The fraction of sp³-hybridized carbons (Fsp3) is 1.00. The summed E-state index contributed by atoms with van der Waals surface area (Å²) in [6, 6.07) is 0. The molecule has 1 spiro atoms. The van der Waals surface area contributed by atoms with E-state index in [2.05, 4.69) is 20.8 Å². The lowest BCUT2D eigenvalue weighted by molar-refractivity contribution is -0.275. The first-order valence-corrected chi connectivity index (χ1v) is 13.4. The van der Waals surface area contributed by atoms with Crippen LogP contribution in [0.3, 0.4) is 0 Å². The summed E-state index contributed by atoms with van der Waals surface area (Å²) in [5.41, 5.74) is 0.823. The van der Waals surface area contributed by atoms with Gasteiger partial charge in [-0.15, -0.1) is 0 Å². The van der Waals surface area contributed by atoms with E-state index in [0.29, 0.717) is 35.4 Å². The highest BCUT2D eigenvalue weighted by Gasteiger charge is 2.69. The van der Waals surface area contributed by atoms with Gasteiger partial charge in [-0.1, -0.05) is 20.8 Å². The van der Waals surface area contributed by atoms with Crippen molar-refractivity contribution in [2.45, 2.75) is 103 Å². The van der Waals surface area contributed by atoms with E-state index in [1.807, 2.05) is 0 Å². The summed E-state index contributed by atoms with van der Waals surface area (Å²) >= 11 is 0. The molecule has 0 bridgehead atoms. The van der Waals surface area contributed by atoms with E-state index in [9.17, 15) is 10.2 Å². The van der Waals surface area contributed by atoms with Gasteiger partial charge in [0.2, 0.25) is 0 Å². The molecule has 176 valence electrons. The third-order valence-electron chi connectivity index (χ3n) is 12.0. The molecule has 4 heteroatoms. The Kier molecular flexibility index (Phi) is 4.94. The average molecular weight is 433 g/mol. The highest BCUT2D eigenvalue weighted by molar-refractivity contribution is 5.15. The fourth-order valence-corrected chi connectivity index (χ4v) is 10.3. The van der Waals surface area contributed by atoms with Crippen LogP contribution >= 0.6 is 0 Å². The second kappa shape index (κ2) is 7.17. The monoisotopic (exact) mass is 432 g/mol. The van der Waals surface area contributed by atoms with Gasteiger partial charge in [-0.05, 0) is 98.2 Å². The smallest absolute Gasteiger partial charge is 0.171 e. The second-order valence-electron chi connectivity index (χ2n) is 13.0. The zero-order valence-electron chi connectivity index (χ0n) is 19.9. The van der Waals surface area contributed by atoms with Gasteiger partial charge in [0.25, 0.3) is 0 Å². The Bertz CT molecular complexity index is 701. The average Bonchev–Trinajstić information content (AvgIpc) is 3.20. The van der Waals surface area contributed by atoms with E-state index in [1.54, 1.807) is 0 Å². The zero-order valence-corrected chi connectivity index (χ0v) is 19.9. The number of aliphatic hydroxyl groups excluding tert-OH is 2. The Morgan fingerprint density at radius 1 is 0.903 bits per heavy atom. The van der Waals surface area contributed by atoms with E-state index in [0.717, 1.165) is 49.4 Å². The van der Waals surface area contributed by atoms with Gasteiger partial charge in [0.1, 0.15) is 0 Å². The lowest BCUT2D eigenvalue weighted by Crippen LogP contribution is -2.55. The molecule has 2 N–H and O–H groups in total. The van der Waals surface area contributed by atoms with Gasteiger partial charge in [-0.25, -0.2) is 0 Å². The van der Waals surface area contributed by atoms with Crippen LogP contribution in [0.1, 0.15) is 85.0 Å². The Morgan fingerprint density at radius 2 is 1.71 bits per heavy atom. The SMILES string of the molecule is C[C@H]1[C@H]2[C@H](C[C@H]3[C@@H]4CC[C@H]5C[C@@H](O)CC[C@]5(C)[C@H]4CC[C@]23C)O[C@]12CC[C@@H](CO)CO2. The van der Waals surface area contributed by atoms with Crippen LogP contribution in [-0.2, 0) is 9.47 Å². The van der Waals surface area contributed by atoms with Gasteiger partial charge >= 0.3 is 0 Å². The minimum atomic E-state index is -0.394. The van der Waals surface area contributed by atoms with Gasteiger partial charge in [-0.2, -0.15) is 0 Å². The molecule has 2 aliphatic heterocycles. The molecule has 0 radical (unpaired) electrons. The summed E-state index contributed by atoms with van der Waals surface area (Å²) in [6.45, 7) is 8.48. The van der Waals surface area contributed by atoms with Crippen LogP contribution in [-0.4, -0.2) is 41.4 Å². The largest absolute Gasteiger partial charge is 0.396 e. The summed E-state index contributed by atoms with van der Waals surface area (Å²) < 4.78 is 13.3. The Morgan fingerprint density at radius 3 is 2.45 bits per heavy atom. The number of hydrogen-bond acceptors (Lipinski definition) is 4. The molecule has 0 aromatic carbocycles.